The van der Waals surface area contributed by atoms with Crippen LogP contribution in [-0.2, 0) is 14.3 Å². The van der Waals surface area contributed by atoms with Crippen LogP contribution in [0, 0.1) is 13.8 Å². The number of amides is 2. The molecule has 33 heavy (non-hydrogen) atoms. The highest BCUT2D eigenvalue weighted by atomic mass is 32.2. The van der Waals surface area contributed by atoms with E-state index < -0.39 is 17.1 Å². The number of esters is 1. The number of hydrogen-bond donors (Lipinski definition) is 0. The van der Waals surface area contributed by atoms with Gasteiger partial charge in [0.2, 0.25) is 0 Å². The van der Waals surface area contributed by atoms with Gasteiger partial charge in [-0.15, -0.1) is 0 Å². The first-order valence-electron chi connectivity index (χ1n) is 10.6. The van der Waals surface area contributed by atoms with Crippen LogP contribution >= 0.6 is 11.8 Å². The molecule has 0 unspecified atom stereocenters. The van der Waals surface area contributed by atoms with E-state index in [1.54, 1.807) is 13.0 Å². The molecule has 0 spiro atoms. The highest BCUT2D eigenvalue weighted by Crippen LogP contribution is 2.34. The molecule has 0 bridgehead atoms. The van der Waals surface area contributed by atoms with E-state index in [2.05, 4.69) is 41.0 Å². The molecule has 0 saturated carbocycles. The third kappa shape index (κ3) is 4.64. The Kier molecular flexibility index (Phi) is 6.51. The number of benzene rings is 2. The molecule has 1 saturated heterocycles. The molecule has 4 rings (SSSR count). The summed E-state index contributed by atoms with van der Waals surface area (Å²) in [5, 5.41) is -0.468. The second-order valence-corrected chi connectivity index (χ2v) is 8.64. The molecular formula is C26H24N2O4S. The second-order valence-electron chi connectivity index (χ2n) is 7.65. The van der Waals surface area contributed by atoms with Crippen LogP contribution in [0.5, 0.6) is 0 Å². The number of nitrogens with zero attached hydrogens (tertiary/aromatic N) is 2. The van der Waals surface area contributed by atoms with Crippen molar-refractivity contribution in [3.63, 3.8) is 0 Å². The molecule has 1 aliphatic heterocycles. The standard InChI is InChI=1S/C26H24N2O4S/c1-4-32-24(29)16-27-25(30)23(33-26(27)31)15-21-14-17(2)28(18(21)3)22-12-10-20(11-13-22)19-8-6-5-7-9-19/h5-15H,4,16H2,1-3H3/b23-15-. The quantitative estimate of drug-likeness (QED) is 0.366. The summed E-state index contributed by atoms with van der Waals surface area (Å²) in [6.07, 6.45) is 1.72. The first-order chi connectivity index (χ1) is 15.9. The molecule has 3 aromatic rings. The van der Waals surface area contributed by atoms with Crippen LogP contribution in [0.1, 0.15) is 23.9 Å². The van der Waals surface area contributed by atoms with Crippen molar-refractivity contribution in [2.45, 2.75) is 20.8 Å². The van der Waals surface area contributed by atoms with E-state index >= 15 is 0 Å². The molecule has 1 aromatic heterocycles. The Morgan fingerprint density at radius 3 is 2.33 bits per heavy atom. The molecule has 0 radical (unpaired) electrons. The lowest BCUT2D eigenvalue weighted by atomic mass is 10.1. The zero-order chi connectivity index (χ0) is 23.5. The van der Waals surface area contributed by atoms with Crippen LogP contribution < -0.4 is 0 Å². The van der Waals surface area contributed by atoms with Gasteiger partial charge in [0.1, 0.15) is 6.54 Å². The van der Waals surface area contributed by atoms with Gasteiger partial charge < -0.3 is 9.30 Å². The van der Waals surface area contributed by atoms with Gasteiger partial charge in [-0.3, -0.25) is 19.3 Å². The fourth-order valence-electron chi connectivity index (χ4n) is 3.88. The molecule has 2 aromatic carbocycles. The van der Waals surface area contributed by atoms with Crippen LogP contribution in [0.4, 0.5) is 4.79 Å². The van der Waals surface area contributed by atoms with Crippen LogP contribution in [-0.4, -0.2) is 39.7 Å². The first kappa shape index (κ1) is 22.6. The van der Waals surface area contributed by atoms with Gasteiger partial charge in [-0.05, 0) is 73.5 Å². The highest BCUT2D eigenvalue weighted by molar-refractivity contribution is 8.18. The Morgan fingerprint density at radius 1 is 1.00 bits per heavy atom. The number of ether oxygens (including phenoxy) is 1. The van der Waals surface area contributed by atoms with Crippen molar-refractivity contribution in [3.05, 3.63) is 82.5 Å². The number of aromatic nitrogens is 1. The van der Waals surface area contributed by atoms with Gasteiger partial charge >= 0.3 is 5.97 Å². The van der Waals surface area contributed by atoms with Crippen molar-refractivity contribution in [2.75, 3.05) is 13.2 Å². The number of carbonyl (C=O) groups excluding carboxylic acids is 3. The molecule has 1 fully saturated rings. The van der Waals surface area contributed by atoms with E-state index in [9.17, 15) is 14.4 Å². The lowest BCUT2D eigenvalue weighted by Crippen LogP contribution is -2.34. The van der Waals surface area contributed by atoms with Crippen molar-refractivity contribution in [1.82, 2.24) is 9.47 Å². The Labute approximate surface area is 196 Å². The zero-order valence-corrected chi connectivity index (χ0v) is 19.5. The minimum atomic E-state index is -0.599. The molecule has 6 nitrogen and oxygen atoms in total. The Morgan fingerprint density at radius 2 is 1.67 bits per heavy atom. The molecule has 0 atom stereocenters. The van der Waals surface area contributed by atoms with Gasteiger partial charge in [-0.2, -0.15) is 0 Å². The van der Waals surface area contributed by atoms with Gasteiger partial charge in [-0.25, -0.2) is 0 Å². The van der Waals surface area contributed by atoms with E-state index in [4.69, 9.17) is 4.74 Å². The van der Waals surface area contributed by atoms with Gasteiger partial charge in [0.05, 0.1) is 11.5 Å². The zero-order valence-electron chi connectivity index (χ0n) is 18.7. The molecule has 0 aliphatic carbocycles. The fraction of sp³-hybridized carbons (Fsp3) is 0.192. The Bertz CT molecular complexity index is 1240. The maximum absolute atomic E-state index is 12.7. The van der Waals surface area contributed by atoms with Crippen molar-refractivity contribution >= 4 is 35.0 Å². The fourth-order valence-corrected chi connectivity index (χ4v) is 4.71. The summed E-state index contributed by atoms with van der Waals surface area (Å²) in [6.45, 7) is 5.48. The number of carbonyl (C=O) groups is 3. The van der Waals surface area contributed by atoms with E-state index in [-0.39, 0.29) is 13.2 Å². The van der Waals surface area contributed by atoms with Crippen LogP contribution in [0.15, 0.2) is 65.6 Å². The average Bonchev–Trinajstić information content (AvgIpc) is 3.24. The number of imide groups is 1. The first-order valence-corrected chi connectivity index (χ1v) is 11.5. The largest absolute Gasteiger partial charge is 0.465 e. The number of thioether (sulfide) groups is 1. The predicted octanol–water partition coefficient (Wildman–Crippen LogP) is 5.36. The van der Waals surface area contributed by atoms with Gasteiger partial charge in [0, 0.05) is 17.1 Å². The van der Waals surface area contributed by atoms with E-state index in [0.717, 1.165) is 50.4 Å². The monoisotopic (exact) mass is 460 g/mol. The third-order valence-electron chi connectivity index (χ3n) is 5.46. The summed E-state index contributed by atoms with van der Waals surface area (Å²) in [4.78, 5) is 37.9. The van der Waals surface area contributed by atoms with Crippen LogP contribution in [0.3, 0.4) is 0 Å². The lowest BCUT2D eigenvalue weighted by molar-refractivity contribution is -0.145. The lowest BCUT2D eigenvalue weighted by Gasteiger charge is -2.11. The van der Waals surface area contributed by atoms with Crippen molar-refractivity contribution in [3.8, 4) is 16.8 Å². The summed E-state index contributed by atoms with van der Waals surface area (Å²) < 4.78 is 6.98. The van der Waals surface area contributed by atoms with Crippen molar-refractivity contribution in [2.24, 2.45) is 0 Å². The molecule has 0 N–H and O–H groups in total. The predicted molar refractivity (Wildman–Crippen MR) is 130 cm³/mol. The highest BCUT2D eigenvalue weighted by Gasteiger charge is 2.36. The number of hydrogen-bond acceptors (Lipinski definition) is 5. The summed E-state index contributed by atoms with van der Waals surface area (Å²) in [7, 11) is 0. The van der Waals surface area contributed by atoms with Gasteiger partial charge in [-0.1, -0.05) is 42.5 Å². The third-order valence-corrected chi connectivity index (χ3v) is 6.36. The molecule has 2 amide bonds. The second kappa shape index (κ2) is 9.50. The van der Waals surface area contributed by atoms with Crippen molar-refractivity contribution in [1.29, 1.82) is 0 Å². The Hall–Kier alpha value is -3.58. The average molecular weight is 461 g/mol. The van der Waals surface area contributed by atoms with E-state index in [0.29, 0.717) is 4.91 Å². The summed E-state index contributed by atoms with van der Waals surface area (Å²) in [6, 6.07) is 20.5. The minimum absolute atomic E-state index is 0.198. The molecule has 1 aliphatic rings. The maximum Gasteiger partial charge on any atom is 0.326 e. The maximum atomic E-state index is 12.7. The Balaban J connectivity index is 1.59. The van der Waals surface area contributed by atoms with Crippen LogP contribution in [0.25, 0.3) is 22.9 Å². The minimum Gasteiger partial charge on any atom is -0.465 e. The normalized spacial score (nSPS) is 14.9. The van der Waals surface area contributed by atoms with Gasteiger partial charge in [0.25, 0.3) is 11.1 Å². The van der Waals surface area contributed by atoms with E-state index in [1.165, 1.54) is 0 Å². The number of aryl methyl sites for hydroxylation is 1. The van der Waals surface area contributed by atoms with Crippen molar-refractivity contribution < 1.29 is 19.1 Å². The molecular weight excluding hydrogens is 436 g/mol. The summed E-state index contributed by atoms with van der Waals surface area (Å²) in [5.74, 6) is -1.08. The van der Waals surface area contributed by atoms with E-state index in [1.807, 2.05) is 38.1 Å². The smallest absolute Gasteiger partial charge is 0.326 e. The molecule has 7 heteroatoms. The topological polar surface area (TPSA) is 68.6 Å². The molecule has 168 valence electrons. The summed E-state index contributed by atoms with van der Waals surface area (Å²) >= 11 is 0.837. The number of rotatable bonds is 6. The molecule has 2 heterocycles. The van der Waals surface area contributed by atoms with Crippen LogP contribution in [0.2, 0.25) is 0 Å². The summed E-state index contributed by atoms with van der Waals surface area (Å²) in [5.41, 5.74) is 6.12. The van der Waals surface area contributed by atoms with Gasteiger partial charge in [0.15, 0.2) is 0 Å². The SMILES string of the molecule is CCOC(=O)CN1C(=O)S/C(=C\c2cc(C)n(-c3ccc(-c4ccccc4)cc3)c2C)C1=O.